The number of rotatable bonds is 2. The zero-order chi connectivity index (χ0) is 12.5. The first-order valence-electron chi connectivity index (χ1n) is 4.91. The van der Waals surface area contributed by atoms with Crippen LogP contribution >= 0.6 is 15.9 Å². The van der Waals surface area contributed by atoms with Gasteiger partial charge in [0.15, 0.2) is 0 Å². The summed E-state index contributed by atoms with van der Waals surface area (Å²) in [6, 6.07) is 7.52. The smallest absolute Gasteiger partial charge is 0.450 e. The third-order valence-electron chi connectivity index (χ3n) is 2.30. The van der Waals surface area contributed by atoms with Gasteiger partial charge in [-0.3, -0.25) is 0 Å². The van der Waals surface area contributed by atoms with Gasteiger partial charge < -0.3 is 14.7 Å². The van der Waals surface area contributed by atoms with Gasteiger partial charge in [0.1, 0.15) is 0 Å². The standard InChI is InChI=1S/C11H10BrNO4/c1-11(16-10(14)15)6-9(13-17-11)7-3-2-4-8(12)5-7/h2-5H,6H2,1H3,(H,14,15). The van der Waals surface area contributed by atoms with Crippen LogP contribution in [0.1, 0.15) is 18.9 Å². The van der Waals surface area contributed by atoms with Crippen LogP contribution in [0.15, 0.2) is 33.9 Å². The predicted octanol–water partition coefficient (Wildman–Crippen LogP) is 2.98. The van der Waals surface area contributed by atoms with Crippen LogP contribution in [0.3, 0.4) is 0 Å². The lowest BCUT2D eigenvalue weighted by molar-refractivity contribution is -0.180. The first-order valence-corrected chi connectivity index (χ1v) is 5.71. The molecule has 1 atom stereocenters. The summed E-state index contributed by atoms with van der Waals surface area (Å²) >= 11 is 3.36. The van der Waals surface area contributed by atoms with E-state index in [0.29, 0.717) is 5.71 Å². The second-order valence-corrected chi connectivity index (χ2v) is 4.73. The lowest BCUT2D eigenvalue weighted by Crippen LogP contribution is -2.31. The fourth-order valence-corrected chi connectivity index (χ4v) is 1.98. The number of oxime groups is 1. The third kappa shape index (κ3) is 2.76. The second kappa shape index (κ2) is 4.37. The van der Waals surface area contributed by atoms with Gasteiger partial charge in [0.05, 0.1) is 12.1 Å². The lowest BCUT2D eigenvalue weighted by atomic mass is 10.0. The summed E-state index contributed by atoms with van der Waals surface area (Å²) in [7, 11) is 0. The first kappa shape index (κ1) is 11.9. The molecule has 2 rings (SSSR count). The van der Waals surface area contributed by atoms with Crippen LogP contribution in [0, 0.1) is 0 Å². The average molecular weight is 300 g/mol. The Kier molecular flexibility index (Phi) is 3.06. The lowest BCUT2D eigenvalue weighted by Gasteiger charge is -2.19. The topological polar surface area (TPSA) is 68.1 Å². The van der Waals surface area contributed by atoms with E-state index in [2.05, 4.69) is 25.8 Å². The molecule has 1 aliphatic rings. The molecule has 1 aliphatic heterocycles. The van der Waals surface area contributed by atoms with Crippen molar-refractivity contribution in [1.29, 1.82) is 0 Å². The molecule has 1 aromatic carbocycles. The normalized spacial score (nSPS) is 22.8. The molecule has 5 nitrogen and oxygen atoms in total. The molecule has 0 fully saturated rings. The van der Waals surface area contributed by atoms with E-state index in [-0.39, 0.29) is 6.42 Å². The van der Waals surface area contributed by atoms with E-state index < -0.39 is 11.9 Å². The fourth-order valence-electron chi connectivity index (χ4n) is 1.58. The SMILES string of the molecule is CC1(OC(=O)O)CC(c2cccc(Br)c2)=NO1. The molecule has 1 aromatic rings. The number of carboxylic acid groups (broad SMARTS) is 1. The Hall–Kier alpha value is -1.56. The number of ether oxygens (including phenoxy) is 1. The Morgan fingerprint density at radius 3 is 3.06 bits per heavy atom. The quantitative estimate of drug-likeness (QED) is 0.853. The Labute approximate surface area is 106 Å². The highest BCUT2D eigenvalue weighted by Crippen LogP contribution is 2.28. The van der Waals surface area contributed by atoms with Gasteiger partial charge in [0, 0.05) is 17.0 Å². The van der Waals surface area contributed by atoms with Gasteiger partial charge >= 0.3 is 6.16 Å². The maximum absolute atomic E-state index is 10.5. The number of nitrogens with zero attached hydrogens (tertiary/aromatic N) is 1. The van der Waals surface area contributed by atoms with E-state index in [1.54, 1.807) is 0 Å². The van der Waals surface area contributed by atoms with Crippen molar-refractivity contribution in [3.8, 4) is 0 Å². The Morgan fingerprint density at radius 1 is 1.65 bits per heavy atom. The summed E-state index contributed by atoms with van der Waals surface area (Å²) in [4.78, 5) is 15.5. The van der Waals surface area contributed by atoms with Gasteiger partial charge in [-0.05, 0) is 12.1 Å². The van der Waals surface area contributed by atoms with Crippen molar-refractivity contribution in [2.45, 2.75) is 19.1 Å². The van der Waals surface area contributed by atoms with Gasteiger partial charge in [-0.15, -0.1) is 0 Å². The summed E-state index contributed by atoms with van der Waals surface area (Å²) in [5.74, 6) is -1.23. The highest BCUT2D eigenvalue weighted by atomic mass is 79.9. The Bertz CT molecular complexity index is 488. The number of carbonyl (C=O) groups is 1. The highest BCUT2D eigenvalue weighted by molar-refractivity contribution is 9.10. The summed E-state index contributed by atoms with van der Waals surface area (Å²) in [6.07, 6.45) is -1.09. The molecule has 90 valence electrons. The second-order valence-electron chi connectivity index (χ2n) is 3.82. The van der Waals surface area contributed by atoms with Crippen LogP contribution < -0.4 is 0 Å². The molecule has 0 aromatic heterocycles. The van der Waals surface area contributed by atoms with Crippen LogP contribution in [0.2, 0.25) is 0 Å². The van der Waals surface area contributed by atoms with Crippen molar-refractivity contribution >= 4 is 27.8 Å². The Morgan fingerprint density at radius 2 is 2.41 bits per heavy atom. The largest absolute Gasteiger partial charge is 0.509 e. The van der Waals surface area contributed by atoms with Crippen LogP contribution in [0.5, 0.6) is 0 Å². The van der Waals surface area contributed by atoms with Gasteiger partial charge in [-0.25, -0.2) is 4.79 Å². The van der Waals surface area contributed by atoms with Crippen molar-refractivity contribution in [2.75, 3.05) is 0 Å². The maximum Gasteiger partial charge on any atom is 0.509 e. The van der Waals surface area contributed by atoms with Crippen LogP contribution in [-0.4, -0.2) is 22.8 Å². The summed E-state index contributed by atoms with van der Waals surface area (Å²) in [5.41, 5.74) is 1.53. The third-order valence-corrected chi connectivity index (χ3v) is 2.79. The molecule has 17 heavy (non-hydrogen) atoms. The number of halogens is 1. The monoisotopic (exact) mass is 299 g/mol. The van der Waals surface area contributed by atoms with Crippen LogP contribution in [0.25, 0.3) is 0 Å². The summed E-state index contributed by atoms with van der Waals surface area (Å²) < 4.78 is 5.57. The maximum atomic E-state index is 10.5. The predicted molar refractivity (Wildman–Crippen MR) is 63.9 cm³/mol. The minimum absolute atomic E-state index is 0.287. The van der Waals surface area contributed by atoms with E-state index in [1.165, 1.54) is 6.92 Å². The Balaban J connectivity index is 2.14. The van der Waals surface area contributed by atoms with Crippen LogP contribution in [-0.2, 0) is 9.57 Å². The summed E-state index contributed by atoms with van der Waals surface area (Å²) in [6.45, 7) is 1.54. The molecule has 0 spiro atoms. The minimum Gasteiger partial charge on any atom is -0.450 e. The van der Waals surface area contributed by atoms with Gasteiger partial charge in [0.2, 0.25) is 0 Å². The van der Waals surface area contributed by atoms with E-state index >= 15 is 0 Å². The molecule has 0 saturated heterocycles. The van der Waals surface area contributed by atoms with Crippen molar-refractivity contribution in [2.24, 2.45) is 5.16 Å². The summed E-state index contributed by atoms with van der Waals surface area (Å²) in [5, 5.41) is 12.4. The number of benzene rings is 1. The average Bonchev–Trinajstić information content (AvgIpc) is 2.59. The molecule has 1 unspecified atom stereocenters. The minimum atomic E-state index is -1.38. The van der Waals surface area contributed by atoms with Crippen molar-refractivity contribution in [3.05, 3.63) is 34.3 Å². The number of hydrogen-bond acceptors (Lipinski definition) is 4. The number of hydrogen-bond donors (Lipinski definition) is 1. The van der Waals surface area contributed by atoms with Crippen molar-refractivity contribution in [1.82, 2.24) is 0 Å². The molecule has 0 bridgehead atoms. The molecule has 6 heteroatoms. The molecule has 0 radical (unpaired) electrons. The van der Waals surface area contributed by atoms with Gasteiger partial charge in [-0.1, -0.05) is 33.2 Å². The van der Waals surface area contributed by atoms with Gasteiger partial charge in [-0.2, -0.15) is 0 Å². The van der Waals surface area contributed by atoms with Crippen molar-refractivity contribution < 1.29 is 19.5 Å². The first-order chi connectivity index (χ1) is 7.98. The van der Waals surface area contributed by atoms with Gasteiger partial charge in [0.25, 0.3) is 5.79 Å². The fraction of sp³-hybridized carbons (Fsp3) is 0.273. The van der Waals surface area contributed by atoms with Crippen LogP contribution in [0.4, 0.5) is 4.79 Å². The molecule has 0 aliphatic carbocycles. The molecular weight excluding hydrogens is 290 g/mol. The van der Waals surface area contributed by atoms with E-state index in [1.807, 2.05) is 24.3 Å². The van der Waals surface area contributed by atoms with E-state index in [4.69, 9.17) is 9.94 Å². The molecular formula is C11H10BrNO4. The zero-order valence-electron chi connectivity index (χ0n) is 9.01. The molecule has 0 saturated carbocycles. The molecule has 1 heterocycles. The molecule has 0 amide bonds. The highest BCUT2D eigenvalue weighted by Gasteiger charge is 2.38. The van der Waals surface area contributed by atoms with E-state index in [0.717, 1.165) is 10.0 Å². The van der Waals surface area contributed by atoms with Crippen molar-refractivity contribution in [3.63, 3.8) is 0 Å². The van der Waals surface area contributed by atoms with E-state index in [9.17, 15) is 4.79 Å². The molecule has 1 N–H and O–H groups in total. The zero-order valence-corrected chi connectivity index (χ0v) is 10.6.